The molecule has 0 saturated heterocycles. The summed E-state index contributed by atoms with van der Waals surface area (Å²) in [5.41, 5.74) is 0.470. The Bertz CT molecular complexity index is 249. The van der Waals surface area contributed by atoms with Crippen LogP contribution in [-0.4, -0.2) is 15.3 Å². The highest BCUT2D eigenvalue weighted by atomic mass is 32.1. The van der Waals surface area contributed by atoms with E-state index in [0.29, 0.717) is 5.56 Å². The van der Waals surface area contributed by atoms with Gasteiger partial charge in [-0.1, -0.05) is 0 Å². The number of hydrazine groups is 1. The lowest BCUT2D eigenvalue weighted by Crippen LogP contribution is -2.27. The summed E-state index contributed by atoms with van der Waals surface area (Å²) < 4.78 is 0.731. The third kappa shape index (κ3) is 1.92. The highest BCUT2D eigenvalue weighted by Gasteiger charge is 2.06. The van der Waals surface area contributed by atoms with E-state index in [2.05, 4.69) is 17.8 Å². The van der Waals surface area contributed by atoms with E-state index in [0.717, 1.165) is 4.41 Å². The molecule has 0 aliphatic carbocycles. The molecule has 0 radical (unpaired) electrons. The second-order valence-corrected chi connectivity index (χ2v) is 2.32. The topological polar surface area (TPSA) is 59.2 Å². The first-order valence-electron chi connectivity index (χ1n) is 2.90. The lowest BCUT2D eigenvalue weighted by molar-refractivity contribution is 0.0874. The van der Waals surface area contributed by atoms with Gasteiger partial charge < -0.3 is 0 Å². The van der Waals surface area contributed by atoms with Gasteiger partial charge in [-0.05, 0) is 24.9 Å². The van der Waals surface area contributed by atoms with Gasteiger partial charge in [-0.3, -0.25) is 9.78 Å². The standard InChI is InChI=1S/C6H7N3OS/c7-9(11)6(10)5-1-3-8-4-2-5/h1-4,11H,7H2. The summed E-state index contributed by atoms with van der Waals surface area (Å²) in [6.45, 7) is 0. The molecule has 0 unspecified atom stereocenters. The van der Waals surface area contributed by atoms with Gasteiger partial charge in [-0.15, -0.1) is 0 Å². The van der Waals surface area contributed by atoms with Crippen LogP contribution in [0.2, 0.25) is 0 Å². The van der Waals surface area contributed by atoms with Gasteiger partial charge in [-0.25, -0.2) is 10.3 Å². The van der Waals surface area contributed by atoms with Crippen molar-refractivity contribution >= 4 is 18.7 Å². The number of aromatic nitrogens is 1. The van der Waals surface area contributed by atoms with Crippen molar-refractivity contribution in [1.29, 1.82) is 0 Å². The van der Waals surface area contributed by atoms with Gasteiger partial charge >= 0.3 is 0 Å². The van der Waals surface area contributed by atoms with Crippen LogP contribution in [0.25, 0.3) is 0 Å². The van der Waals surface area contributed by atoms with E-state index in [4.69, 9.17) is 5.84 Å². The van der Waals surface area contributed by atoms with Gasteiger partial charge in [0.2, 0.25) is 0 Å². The quantitative estimate of drug-likeness (QED) is 0.274. The first kappa shape index (κ1) is 8.03. The van der Waals surface area contributed by atoms with Gasteiger partial charge in [0.25, 0.3) is 5.91 Å². The van der Waals surface area contributed by atoms with Crippen molar-refractivity contribution in [2.45, 2.75) is 0 Å². The maximum Gasteiger partial charge on any atom is 0.277 e. The van der Waals surface area contributed by atoms with Crippen molar-refractivity contribution in [3.8, 4) is 0 Å². The molecule has 1 amide bonds. The summed E-state index contributed by atoms with van der Waals surface area (Å²) in [6.07, 6.45) is 3.04. The van der Waals surface area contributed by atoms with Crippen LogP contribution in [0.3, 0.4) is 0 Å². The number of rotatable bonds is 1. The summed E-state index contributed by atoms with van der Waals surface area (Å²) >= 11 is 3.65. The maximum atomic E-state index is 11.0. The number of carbonyl (C=O) groups excluding carboxylic acids is 1. The molecule has 0 atom stereocenters. The Morgan fingerprint density at radius 3 is 2.55 bits per heavy atom. The van der Waals surface area contributed by atoms with Crippen LogP contribution in [0, 0.1) is 0 Å². The maximum absolute atomic E-state index is 11.0. The minimum Gasteiger partial charge on any atom is -0.267 e. The van der Waals surface area contributed by atoms with E-state index < -0.39 is 0 Å². The Kier molecular flexibility index (Phi) is 2.45. The average molecular weight is 169 g/mol. The highest BCUT2D eigenvalue weighted by molar-refractivity contribution is 7.78. The van der Waals surface area contributed by atoms with Gasteiger partial charge in [0.05, 0.1) is 0 Å². The Morgan fingerprint density at radius 1 is 1.55 bits per heavy atom. The molecule has 1 rings (SSSR count). The zero-order valence-electron chi connectivity index (χ0n) is 5.64. The monoisotopic (exact) mass is 169 g/mol. The first-order chi connectivity index (χ1) is 5.22. The molecule has 1 aromatic rings. The number of amides is 1. The van der Waals surface area contributed by atoms with E-state index in [1.54, 1.807) is 12.1 Å². The molecule has 0 fully saturated rings. The Hall–Kier alpha value is -1.07. The predicted octanol–water partition coefficient (Wildman–Crippen LogP) is 0.242. The molecular weight excluding hydrogens is 162 g/mol. The number of nitrogens with zero attached hydrogens (tertiary/aromatic N) is 2. The lowest BCUT2D eigenvalue weighted by atomic mass is 10.3. The summed E-state index contributed by atoms with van der Waals surface area (Å²) in [5.74, 6) is 4.74. The van der Waals surface area contributed by atoms with Crippen molar-refractivity contribution < 1.29 is 4.79 Å². The summed E-state index contributed by atoms with van der Waals surface area (Å²) in [4.78, 5) is 14.8. The van der Waals surface area contributed by atoms with Crippen molar-refractivity contribution in [3.63, 3.8) is 0 Å². The van der Waals surface area contributed by atoms with Crippen LogP contribution in [0.4, 0.5) is 0 Å². The summed E-state index contributed by atoms with van der Waals surface area (Å²) in [5, 5.41) is 0. The molecule has 0 saturated carbocycles. The first-order valence-corrected chi connectivity index (χ1v) is 3.30. The molecule has 0 aliphatic rings. The van der Waals surface area contributed by atoms with Gasteiger partial charge in [0, 0.05) is 18.0 Å². The number of thiol groups is 1. The summed E-state index contributed by atoms with van der Waals surface area (Å²) in [6, 6.07) is 3.14. The van der Waals surface area contributed by atoms with Crippen LogP contribution in [0.15, 0.2) is 24.5 Å². The van der Waals surface area contributed by atoms with E-state index in [1.807, 2.05) is 0 Å². The number of pyridine rings is 1. The van der Waals surface area contributed by atoms with Crippen LogP contribution >= 0.6 is 12.8 Å². The van der Waals surface area contributed by atoms with Gasteiger partial charge in [-0.2, -0.15) is 0 Å². The largest absolute Gasteiger partial charge is 0.277 e. The molecule has 0 bridgehead atoms. The van der Waals surface area contributed by atoms with Crippen LogP contribution in [-0.2, 0) is 0 Å². The van der Waals surface area contributed by atoms with Crippen molar-refractivity contribution in [2.75, 3.05) is 0 Å². The molecule has 0 aromatic carbocycles. The van der Waals surface area contributed by atoms with E-state index in [-0.39, 0.29) is 5.91 Å². The fourth-order valence-electron chi connectivity index (χ4n) is 0.627. The Labute approximate surface area is 69.5 Å². The second kappa shape index (κ2) is 3.36. The smallest absolute Gasteiger partial charge is 0.267 e. The minimum atomic E-state index is -0.351. The Morgan fingerprint density at radius 2 is 2.09 bits per heavy atom. The lowest BCUT2D eigenvalue weighted by Gasteiger charge is -2.06. The molecule has 4 nitrogen and oxygen atoms in total. The second-order valence-electron chi connectivity index (χ2n) is 1.89. The minimum absolute atomic E-state index is 0.351. The fourth-order valence-corrected chi connectivity index (χ4v) is 0.742. The highest BCUT2D eigenvalue weighted by Crippen LogP contribution is 2.00. The predicted molar refractivity (Wildman–Crippen MR) is 43.6 cm³/mol. The van der Waals surface area contributed by atoms with Crippen molar-refractivity contribution in [1.82, 2.24) is 9.40 Å². The van der Waals surface area contributed by atoms with E-state index in [1.165, 1.54) is 12.4 Å². The van der Waals surface area contributed by atoms with E-state index in [9.17, 15) is 4.79 Å². The molecule has 11 heavy (non-hydrogen) atoms. The zero-order chi connectivity index (χ0) is 8.27. The third-order valence-electron chi connectivity index (χ3n) is 1.14. The van der Waals surface area contributed by atoms with Gasteiger partial charge in [0.15, 0.2) is 0 Å². The molecular formula is C6H7N3OS. The SMILES string of the molecule is NN(S)C(=O)c1ccncc1. The molecule has 5 heteroatoms. The van der Waals surface area contributed by atoms with Crippen LogP contribution in [0.1, 0.15) is 10.4 Å². The molecule has 1 heterocycles. The molecule has 0 aliphatic heterocycles. The fraction of sp³-hybridized carbons (Fsp3) is 0. The van der Waals surface area contributed by atoms with Crippen molar-refractivity contribution in [2.24, 2.45) is 5.84 Å². The van der Waals surface area contributed by atoms with Gasteiger partial charge in [0.1, 0.15) is 0 Å². The third-order valence-corrected chi connectivity index (χ3v) is 1.32. The number of nitrogens with two attached hydrogens (primary N) is 1. The normalized spacial score (nSPS) is 9.27. The average Bonchev–Trinajstić information content (AvgIpc) is 2.05. The summed E-state index contributed by atoms with van der Waals surface area (Å²) in [7, 11) is 0. The number of hydrogen-bond acceptors (Lipinski definition) is 4. The molecule has 0 spiro atoms. The van der Waals surface area contributed by atoms with E-state index >= 15 is 0 Å². The molecule has 2 N–H and O–H groups in total. The van der Waals surface area contributed by atoms with Crippen LogP contribution < -0.4 is 5.84 Å². The number of hydrogen-bond donors (Lipinski definition) is 2. The van der Waals surface area contributed by atoms with Crippen LogP contribution in [0.5, 0.6) is 0 Å². The number of carbonyl (C=O) groups is 1. The molecule has 1 aromatic heterocycles. The van der Waals surface area contributed by atoms with Crippen molar-refractivity contribution in [3.05, 3.63) is 30.1 Å². The Balaban J connectivity index is 2.86. The zero-order valence-corrected chi connectivity index (χ0v) is 6.53. The molecule has 58 valence electrons.